The van der Waals surface area contributed by atoms with Crippen molar-refractivity contribution in [2.45, 2.75) is 0 Å². The molecule has 0 unspecified atom stereocenters. The van der Waals surface area contributed by atoms with Gasteiger partial charge in [-0.1, -0.05) is 28.1 Å². The van der Waals surface area contributed by atoms with Crippen molar-refractivity contribution in [1.82, 2.24) is 0 Å². The highest BCUT2D eigenvalue weighted by atomic mass is 79.9. The average Bonchev–Trinajstić information content (AvgIpc) is 2.29. The van der Waals surface area contributed by atoms with E-state index >= 15 is 0 Å². The smallest absolute Gasteiger partial charge is 0.196 e. The van der Waals surface area contributed by atoms with Crippen LogP contribution in [-0.4, -0.2) is 10.9 Å². The van der Waals surface area contributed by atoms with Gasteiger partial charge in [0.1, 0.15) is 5.75 Å². The molecule has 2 rings (SSSR count). The normalized spacial score (nSPS) is 10.2. The molecular weight excluding hydrogens is 282 g/mol. The number of rotatable bonds is 2. The van der Waals surface area contributed by atoms with E-state index in [1.165, 1.54) is 18.2 Å². The summed E-state index contributed by atoms with van der Waals surface area (Å²) in [7, 11) is 0. The van der Waals surface area contributed by atoms with Crippen LogP contribution in [0.15, 0.2) is 46.9 Å². The summed E-state index contributed by atoms with van der Waals surface area (Å²) in [5.41, 5.74) is 6.91. The lowest BCUT2D eigenvalue weighted by Crippen LogP contribution is -2.05. The van der Waals surface area contributed by atoms with E-state index in [4.69, 9.17) is 5.73 Å². The van der Waals surface area contributed by atoms with Crippen molar-refractivity contribution in [2.75, 3.05) is 5.73 Å². The molecule has 0 radical (unpaired) electrons. The number of nitrogens with two attached hydrogens (primary N) is 1. The van der Waals surface area contributed by atoms with Gasteiger partial charge in [-0.3, -0.25) is 4.79 Å². The minimum absolute atomic E-state index is 0.0474. The molecule has 3 N–H and O–H groups in total. The van der Waals surface area contributed by atoms with Gasteiger partial charge in [-0.15, -0.1) is 0 Å². The van der Waals surface area contributed by atoms with Gasteiger partial charge in [0, 0.05) is 27.4 Å². The first-order chi connectivity index (χ1) is 8.09. The molecule has 0 saturated carbocycles. The molecule has 0 aliphatic rings. The second-order valence-corrected chi connectivity index (χ2v) is 4.43. The monoisotopic (exact) mass is 291 g/mol. The highest BCUT2D eigenvalue weighted by Gasteiger charge is 2.14. The fourth-order valence-corrected chi connectivity index (χ4v) is 2.01. The van der Waals surface area contributed by atoms with Crippen LogP contribution in [0.1, 0.15) is 15.9 Å². The van der Waals surface area contributed by atoms with Gasteiger partial charge in [0.15, 0.2) is 5.78 Å². The van der Waals surface area contributed by atoms with Crippen molar-refractivity contribution >= 4 is 27.4 Å². The number of anilines is 1. The Hall–Kier alpha value is -1.81. The van der Waals surface area contributed by atoms with E-state index in [1.807, 2.05) is 6.07 Å². The summed E-state index contributed by atoms with van der Waals surface area (Å²) in [6.07, 6.45) is 0. The number of carbonyl (C=O) groups excluding carboxylic acids is 1. The van der Waals surface area contributed by atoms with E-state index < -0.39 is 0 Å². The predicted molar refractivity (Wildman–Crippen MR) is 70.1 cm³/mol. The van der Waals surface area contributed by atoms with Crippen molar-refractivity contribution < 1.29 is 9.90 Å². The molecule has 2 aromatic carbocycles. The fourth-order valence-electron chi connectivity index (χ4n) is 1.55. The number of ketones is 1. The topological polar surface area (TPSA) is 63.3 Å². The molecule has 0 aromatic heterocycles. The van der Waals surface area contributed by atoms with Crippen LogP contribution in [-0.2, 0) is 0 Å². The molecule has 0 amide bonds. The van der Waals surface area contributed by atoms with Crippen molar-refractivity contribution in [1.29, 1.82) is 0 Å². The third-order valence-corrected chi connectivity index (χ3v) is 3.09. The van der Waals surface area contributed by atoms with Gasteiger partial charge in [-0.25, -0.2) is 0 Å². The Balaban J connectivity index is 2.48. The highest BCUT2D eigenvalue weighted by Crippen LogP contribution is 2.24. The number of phenols is 1. The summed E-state index contributed by atoms with van der Waals surface area (Å²) in [6.45, 7) is 0. The molecule has 0 bridgehead atoms. The van der Waals surface area contributed by atoms with Gasteiger partial charge in [0.2, 0.25) is 0 Å². The van der Waals surface area contributed by atoms with E-state index in [1.54, 1.807) is 18.2 Å². The van der Waals surface area contributed by atoms with Gasteiger partial charge in [0.05, 0.1) is 0 Å². The van der Waals surface area contributed by atoms with Crippen LogP contribution in [0.3, 0.4) is 0 Å². The number of benzene rings is 2. The quantitative estimate of drug-likeness (QED) is 0.660. The zero-order valence-electron chi connectivity index (χ0n) is 8.85. The molecule has 4 heteroatoms. The van der Waals surface area contributed by atoms with E-state index in [-0.39, 0.29) is 17.2 Å². The standard InChI is InChI=1S/C13H10BrNO2/c14-11-4-2-1-3-9(11)13(17)10-6-5-8(16)7-12(10)15/h1-7,16H,15H2. The highest BCUT2D eigenvalue weighted by molar-refractivity contribution is 9.10. The molecule has 17 heavy (non-hydrogen) atoms. The van der Waals surface area contributed by atoms with Crippen molar-refractivity contribution in [3.63, 3.8) is 0 Å². The molecular formula is C13H10BrNO2. The van der Waals surface area contributed by atoms with Crippen LogP contribution in [0.5, 0.6) is 5.75 Å². The summed E-state index contributed by atoms with van der Waals surface area (Å²) >= 11 is 3.32. The lowest BCUT2D eigenvalue weighted by Gasteiger charge is -2.06. The van der Waals surface area contributed by atoms with Crippen molar-refractivity contribution in [2.24, 2.45) is 0 Å². The first kappa shape index (κ1) is 11.7. The summed E-state index contributed by atoms with van der Waals surface area (Å²) in [6, 6.07) is 11.5. The lowest BCUT2D eigenvalue weighted by molar-refractivity contribution is 0.103. The molecule has 2 aromatic rings. The summed E-state index contributed by atoms with van der Waals surface area (Å²) in [5, 5.41) is 9.24. The van der Waals surface area contributed by atoms with Gasteiger partial charge >= 0.3 is 0 Å². The average molecular weight is 292 g/mol. The van der Waals surface area contributed by atoms with Crippen molar-refractivity contribution in [3.8, 4) is 5.75 Å². The van der Waals surface area contributed by atoms with E-state index in [9.17, 15) is 9.90 Å². The Bertz CT molecular complexity index is 581. The predicted octanol–water partition coefficient (Wildman–Crippen LogP) is 2.97. The maximum Gasteiger partial charge on any atom is 0.196 e. The number of aromatic hydroxyl groups is 1. The van der Waals surface area contributed by atoms with Gasteiger partial charge in [0.25, 0.3) is 0 Å². The minimum Gasteiger partial charge on any atom is -0.508 e. The number of halogens is 1. The van der Waals surface area contributed by atoms with E-state index in [0.717, 1.165) is 4.47 Å². The molecule has 0 spiro atoms. The van der Waals surface area contributed by atoms with Gasteiger partial charge in [-0.05, 0) is 24.3 Å². The Kier molecular flexibility index (Phi) is 3.15. The van der Waals surface area contributed by atoms with E-state index in [0.29, 0.717) is 11.1 Å². The van der Waals surface area contributed by atoms with Gasteiger partial charge in [-0.2, -0.15) is 0 Å². The van der Waals surface area contributed by atoms with Crippen LogP contribution in [0.4, 0.5) is 5.69 Å². The molecule has 86 valence electrons. The van der Waals surface area contributed by atoms with Crippen molar-refractivity contribution in [3.05, 3.63) is 58.1 Å². The minimum atomic E-state index is -0.171. The molecule has 0 fully saturated rings. The number of nitrogen functional groups attached to an aromatic ring is 1. The first-order valence-electron chi connectivity index (χ1n) is 4.97. The SMILES string of the molecule is Nc1cc(O)ccc1C(=O)c1ccccc1Br. The zero-order chi connectivity index (χ0) is 12.4. The summed E-state index contributed by atoms with van der Waals surface area (Å²) in [4.78, 5) is 12.2. The second kappa shape index (κ2) is 4.59. The summed E-state index contributed by atoms with van der Waals surface area (Å²) < 4.78 is 0.720. The molecule has 0 heterocycles. The fraction of sp³-hybridized carbons (Fsp3) is 0. The second-order valence-electron chi connectivity index (χ2n) is 3.58. The zero-order valence-corrected chi connectivity index (χ0v) is 10.4. The Morgan fingerprint density at radius 3 is 2.47 bits per heavy atom. The molecule has 3 nitrogen and oxygen atoms in total. The number of carbonyl (C=O) groups is 1. The Morgan fingerprint density at radius 2 is 1.82 bits per heavy atom. The molecule has 0 aliphatic heterocycles. The summed E-state index contributed by atoms with van der Waals surface area (Å²) in [5.74, 6) is -0.124. The molecule has 0 saturated heterocycles. The van der Waals surface area contributed by atoms with Crippen LogP contribution in [0.2, 0.25) is 0 Å². The first-order valence-corrected chi connectivity index (χ1v) is 5.76. The third kappa shape index (κ3) is 2.31. The van der Waals surface area contributed by atoms with Crippen LogP contribution < -0.4 is 5.73 Å². The Labute approximate surface area is 107 Å². The Morgan fingerprint density at radius 1 is 1.12 bits per heavy atom. The van der Waals surface area contributed by atoms with Gasteiger partial charge < -0.3 is 10.8 Å². The van der Waals surface area contributed by atoms with Crippen LogP contribution >= 0.6 is 15.9 Å². The largest absolute Gasteiger partial charge is 0.508 e. The molecule has 0 atom stereocenters. The maximum atomic E-state index is 12.2. The van der Waals surface area contributed by atoms with E-state index in [2.05, 4.69) is 15.9 Å². The number of phenolic OH excluding ortho intramolecular Hbond substituents is 1. The number of hydrogen-bond donors (Lipinski definition) is 2. The lowest BCUT2D eigenvalue weighted by atomic mass is 10.0. The maximum absolute atomic E-state index is 12.2. The number of hydrogen-bond acceptors (Lipinski definition) is 3. The van der Waals surface area contributed by atoms with Crippen LogP contribution in [0.25, 0.3) is 0 Å². The van der Waals surface area contributed by atoms with Crippen LogP contribution in [0, 0.1) is 0 Å². The molecule has 0 aliphatic carbocycles. The third-order valence-electron chi connectivity index (χ3n) is 2.40.